The molecule has 1 N–H and O–H groups in total. The lowest BCUT2D eigenvalue weighted by Crippen LogP contribution is -2.18. The van der Waals surface area contributed by atoms with Gasteiger partial charge in [-0.15, -0.1) is 0 Å². The number of anilines is 1. The van der Waals surface area contributed by atoms with Crippen LogP contribution in [0.4, 0.5) is 5.69 Å². The van der Waals surface area contributed by atoms with Gasteiger partial charge in [0.25, 0.3) is 5.91 Å². The van der Waals surface area contributed by atoms with Crippen LogP contribution in [0.15, 0.2) is 65.3 Å². The van der Waals surface area contributed by atoms with Gasteiger partial charge in [0, 0.05) is 29.8 Å². The molecule has 2 heterocycles. The first-order chi connectivity index (χ1) is 14.5. The Balaban J connectivity index is 1.68. The minimum Gasteiger partial charge on any atom is -0.497 e. The Bertz CT molecular complexity index is 1160. The third-order valence-electron chi connectivity index (χ3n) is 4.83. The summed E-state index contributed by atoms with van der Waals surface area (Å²) in [5, 5.41) is 8.07. The molecular weight excluding hydrogens is 380 g/mol. The largest absolute Gasteiger partial charge is 0.497 e. The Labute approximate surface area is 174 Å². The zero-order valence-electron chi connectivity index (χ0n) is 17.3. The van der Waals surface area contributed by atoms with Gasteiger partial charge in [0.15, 0.2) is 0 Å². The van der Waals surface area contributed by atoms with Gasteiger partial charge in [-0.2, -0.15) is 5.10 Å². The van der Waals surface area contributed by atoms with Gasteiger partial charge in [-0.05, 0) is 31.8 Å². The molecule has 4 rings (SSSR count). The third kappa shape index (κ3) is 4.06. The Morgan fingerprint density at radius 2 is 2.00 bits per heavy atom. The molecule has 154 valence electrons. The highest BCUT2D eigenvalue weighted by atomic mass is 16.5. The van der Waals surface area contributed by atoms with Gasteiger partial charge in [-0.1, -0.05) is 30.3 Å². The highest BCUT2D eigenvalue weighted by Crippen LogP contribution is 2.36. The van der Waals surface area contributed by atoms with Crippen molar-refractivity contribution in [1.29, 1.82) is 0 Å². The zero-order valence-corrected chi connectivity index (χ0v) is 17.3. The van der Waals surface area contributed by atoms with Crippen molar-refractivity contribution >= 4 is 22.6 Å². The van der Waals surface area contributed by atoms with Crippen molar-refractivity contribution in [2.24, 2.45) is 0 Å². The van der Waals surface area contributed by atoms with E-state index in [2.05, 4.69) is 15.3 Å². The van der Waals surface area contributed by atoms with Gasteiger partial charge >= 0.3 is 0 Å². The lowest BCUT2D eigenvalue weighted by molar-refractivity contribution is 0.0999. The lowest BCUT2D eigenvalue weighted by atomic mass is 10.0. The summed E-state index contributed by atoms with van der Waals surface area (Å²) in [5.41, 5.74) is 2.88. The molecule has 7 nitrogen and oxygen atoms in total. The first-order valence-electron chi connectivity index (χ1n) is 9.69. The molecule has 30 heavy (non-hydrogen) atoms. The monoisotopic (exact) mass is 404 g/mol. The normalized spacial score (nSPS) is 11.2. The van der Waals surface area contributed by atoms with Crippen LogP contribution in [0.5, 0.6) is 5.75 Å². The molecule has 2 aromatic carbocycles. The first kappa shape index (κ1) is 19.7. The van der Waals surface area contributed by atoms with Crippen LogP contribution in [0.1, 0.15) is 10.6 Å². The van der Waals surface area contributed by atoms with E-state index in [-0.39, 0.29) is 11.7 Å². The predicted molar refractivity (Wildman–Crippen MR) is 117 cm³/mol. The van der Waals surface area contributed by atoms with Gasteiger partial charge in [-0.3, -0.25) is 9.48 Å². The zero-order chi connectivity index (χ0) is 21.1. The number of hydrogen-bond donors (Lipinski definition) is 1. The first-order valence-corrected chi connectivity index (χ1v) is 9.69. The molecule has 0 aliphatic rings. The smallest absolute Gasteiger partial charge is 0.292 e. The van der Waals surface area contributed by atoms with E-state index in [1.54, 1.807) is 24.1 Å². The molecule has 0 saturated heterocycles. The van der Waals surface area contributed by atoms with Crippen LogP contribution in [0.2, 0.25) is 0 Å². The Morgan fingerprint density at radius 3 is 2.73 bits per heavy atom. The van der Waals surface area contributed by atoms with E-state index in [1.807, 2.05) is 62.8 Å². The number of carbonyl (C=O) groups excluding carboxylic acids is 1. The summed E-state index contributed by atoms with van der Waals surface area (Å²) >= 11 is 0. The minimum atomic E-state index is -0.323. The van der Waals surface area contributed by atoms with Gasteiger partial charge in [0.1, 0.15) is 11.3 Å². The molecule has 0 radical (unpaired) electrons. The van der Waals surface area contributed by atoms with Crippen LogP contribution in [-0.4, -0.2) is 48.3 Å². The van der Waals surface area contributed by atoms with Gasteiger partial charge < -0.3 is 19.4 Å². The summed E-state index contributed by atoms with van der Waals surface area (Å²) in [5.74, 6) is 0.603. The summed E-state index contributed by atoms with van der Waals surface area (Å²) in [7, 11) is 5.62. The molecule has 0 bridgehead atoms. The van der Waals surface area contributed by atoms with Gasteiger partial charge in [0.05, 0.1) is 25.5 Å². The summed E-state index contributed by atoms with van der Waals surface area (Å²) in [6, 6.07) is 15.3. The van der Waals surface area contributed by atoms with E-state index >= 15 is 0 Å². The standard InChI is InChI=1S/C23H24N4O3/c1-26(2)11-12-27-15-17(14-24-27)25-23(28)22-21(16-7-5-4-6-8-16)19-10-9-18(29-3)13-20(19)30-22/h4-10,13-15H,11-12H2,1-3H3,(H,25,28). The molecule has 1 amide bonds. The SMILES string of the molecule is COc1ccc2c(-c3ccccc3)c(C(=O)Nc3cnn(CCN(C)C)c3)oc2c1. The van der Waals surface area contributed by atoms with Crippen molar-refractivity contribution in [3.05, 3.63) is 66.7 Å². The number of nitrogens with zero attached hydrogens (tertiary/aromatic N) is 3. The minimum absolute atomic E-state index is 0.255. The number of methoxy groups -OCH3 is 1. The van der Waals surface area contributed by atoms with E-state index in [1.165, 1.54) is 0 Å². The van der Waals surface area contributed by atoms with Crippen LogP contribution >= 0.6 is 0 Å². The molecule has 0 aliphatic carbocycles. The maximum absolute atomic E-state index is 13.1. The van der Waals surface area contributed by atoms with Gasteiger partial charge in [0.2, 0.25) is 5.76 Å². The fourth-order valence-electron chi connectivity index (χ4n) is 3.30. The topological polar surface area (TPSA) is 72.5 Å². The Morgan fingerprint density at radius 1 is 1.20 bits per heavy atom. The molecular formula is C23H24N4O3. The number of rotatable bonds is 7. The number of likely N-dealkylation sites (N-methyl/N-ethyl adjacent to an activating group) is 1. The molecule has 0 unspecified atom stereocenters. The summed E-state index contributed by atoms with van der Waals surface area (Å²) < 4.78 is 13.1. The summed E-state index contributed by atoms with van der Waals surface area (Å²) in [6.07, 6.45) is 3.46. The number of hydrogen-bond acceptors (Lipinski definition) is 5. The second-order valence-electron chi connectivity index (χ2n) is 7.28. The number of fused-ring (bicyclic) bond motifs is 1. The quantitative estimate of drug-likeness (QED) is 0.502. The van der Waals surface area contributed by atoms with Crippen LogP contribution < -0.4 is 10.1 Å². The highest BCUT2D eigenvalue weighted by molar-refractivity contribution is 6.12. The van der Waals surface area contributed by atoms with Crippen LogP contribution in [0, 0.1) is 0 Å². The van der Waals surface area contributed by atoms with Crippen molar-refractivity contribution in [2.45, 2.75) is 6.54 Å². The average Bonchev–Trinajstić information content (AvgIpc) is 3.36. The maximum Gasteiger partial charge on any atom is 0.292 e. The number of aromatic nitrogens is 2. The number of carbonyl (C=O) groups is 1. The van der Waals surface area contributed by atoms with Crippen LogP contribution in [0.25, 0.3) is 22.1 Å². The van der Waals surface area contributed by atoms with Crippen LogP contribution in [0.3, 0.4) is 0 Å². The molecule has 0 aliphatic heterocycles. The Hall–Kier alpha value is -3.58. The number of furan rings is 1. The fourth-order valence-corrected chi connectivity index (χ4v) is 3.30. The highest BCUT2D eigenvalue weighted by Gasteiger charge is 2.22. The maximum atomic E-state index is 13.1. The summed E-state index contributed by atoms with van der Waals surface area (Å²) in [6.45, 7) is 1.60. The molecule has 7 heteroatoms. The molecule has 0 atom stereocenters. The summed E-state index contributed by atoms with van der Waals surface area (Å²) in [4.78, 5) is 15.2. The van der Waals surface area contributed by atoms with E-state index < -0.39 is 0 Å². The third-order valence-corrected chi connectivity index (χ3v) is 4.83. The number of amides is 1. The second kappa shape index (κ2) is 8.42. The molecule has 0 saturated carbocycles. The fraction of sp³-hybridized carbons (Fsp3) is 0.217. The average molecular weight is 404 g/mol. The van der Waals surface area contributed by atoms with Gasteiger partial charge in [-0.25, -0.2) is 0 Å². The molecule has 2 aromatic heterocycles. The van der Waals surface area contributed by atoms with Crippen molar-refractivity contribution in [3.63, 3.8) is 0 Å². The molecule has 0 fully saturated rings. The van der Waals surface area contributed by atoms with E-state index in [9.17, 15) is 4.79 Å². The number of ether oxygens (including phenoxy) is 1. The van der Waals surface area contributed by atoms with E-state index in [0.29, 0.717) is 17.0 Å². The molecule has 4 aromatic rings. The predicted octanol–water partition coefficient (Wildman–Crippen LogP) is 4.12. The Kier molecular flexibility index (Phi) is 5.54. The van der Waals surface area contributed by atoms with E-state index in [4.69, 9.17) is 9.15 Å². The van der Waals surface area contributed by atoms with Crippen molar-refractivity contribution < 1.29 is 13.9 Å². The van der Waals surface area contributed by atoms with Crippen molar-refractivity contribution in [2.75, 3.05) is 33.1 Å². The number of benzene rings is 2. The second-order valence-corrected chi connectivity index (χ2v) is 7.28. The lowest BCUT2D eigenvalue weighted by Gasteiger charge is -2.08. The van der Waals surface area contributed by atoms with E-state index in [0.717, 1.165) is 29.6 Å². The molecule has 0 spiro atoms. The number of nitrogens with one attached hydrogen (secondary N) is 1. The van der Waals surface area contributed by atoms with Crippen molar-refractivity contribution in [3.8, 4) is 16.9 Å². The van der Waals surface area contributed by atoms with Crippen LogP contribution in [-0.2, 0) is 6.54 Å². The van der Waals surface area contributed by atoms with Crippen molar-refractivity contribution in [1.82, 2.24) is 14.7 Å².